The van der Waals surface area contributed by atoms with Gasteiger partial charge in [-0.25, -0.2) is 14.4 Å². The van der Waals surface area contributed by atoms with Crippen LogP contribution < -0.4 is 10.6 Å². The molecule has 0 unspecified atom stereocenters. The molecule has 2 heterocycles. The number of anilines is 1. The van der Waals surface area contributed by atoms with Crippen LogP contribution in [0.5, 0.6) is 0 Å². The Morgan fingerprint density at radius 3 is 2.79 bits per heavy atom. The Kier molecular flexibility index (Phi) is 6.80. The summed E-state index contributed by atoms with van der Waals surface area (Å²) in [7, 11) is 1.84. The van der Waals surface area contributed by atoms with Crippen molar-refractivity contribution in [2.45, 2.75) is 12.6 Å². The molecule has 8 nitrogen and oxygen atoms in total. The van der Waals surface area contributed by atoms with Gasteiger partial charge in [0.25, 0.3) is 5.91 Å². The van der Waals surface area contributed by atoms with Crippen molar-refractivity contribution in [3.63, 3.8) is 0 Å². The van der Waals surface area contributed by atoms with Gasteiger partial charge in [-0.15, -0.1) is 16.6 Å². The highest BCUT2D eigenvalue weighted by atomic mass is 35.5. The van der Waals surface area contributed by atoms with E-state index < -0.39 is 17.8 Å². The zero-order valence-electron chi connectivity index (χ0n) is 18.0. The molecular formula is C24H19ClFN7O. The number of hydrogen-bond acceptors (Lipinski definition) is 6. The highest BCUT2D eigenvalue weighted by Crippen LogP contribution is 2.26. The average Bonchev–Trinajstić information content (AvgIpc) is 3.22. The lowest BCUT2D eigenvalue weighted by Gasteiger charge is -2.16. The fourth-order valence-electron chi connectivity index (χ4n) is 3.31. The molecule has 0 fully saturated rings. The minimum Gasteiger partial charge on any atom is -0.378 e. The third-order valence-electron chi connectivity index (χ3n) is 5.08. The minimum atomic E-state index is -1.02. The summed E-state index contributed by atoms with van der Waals surface area (Å²) in [6.07, 6.45) is 8.63. The number of nitrogens with one attached hydrogen (secondary N) is 2. The number of hydrogen-bond donors (Lipinski definition) is 2. The van der Waals surface area contributed by atoms with Gasteiger partial charge in [-0.1, -0.05) is 29.7 Å². The van der Waals surface area contributed by atoms with Gasteiger partial charge in [-0.05, 0) is 36.4 Å². The number of nitrogens with zero attached hydrogens (tertiary/aromatic N) is 5. The fraction of sp³-hybridized carbons (Fsp3) is 0.125. The zero-order chi connectivity index (χ0) is 24.1. The van der Waals surface area contributed by atoms with E-state index in [2.05, 4.69) is 36.7 Å². The first-order valence-corrected chi connectivity index (χ1v) is 10.5. The number of halogens is 2. The maximum absolute atomic E-state index is 14.2. The quantitative estimate of drug-likeness (QED) is 0.395. The second-order valence-corrected chi connectivity index (χ2v) is 7.64. The molecule has 0 saturated carbocycles. The maximum Gasteiger partial charge on any atom is 0.252 e. The fourth-order valence-corrected chi connectivity index (χ4v) is 3.58. The summed E-state index contributed by atoms with van der Waals surface area (Å²) >= 11 is 6.09. The Labute approximate surface area is 200 Å². The van der Waals surface area contributed by atoms with E-state index in [1.807, 2.05) is 17.7 Å². The van der Waals surface area contributed by atoms with Gasteiger partial charge in [-0.2, -0.15) is 0 Å². The van der Waals surface area contributed by atoms with Crippen molar-refractivity contribution in [2.24, 2.45) is 7.05 Å². The number of terminal acetylenes is 1. The van der Waals surface area contributed by atoms with Crippen LogP contribution in [0.25, 0.3) is 11.5 Å². The number of carbonyl (C=O) groups is 1. The number of carbonyl (C=O) groups excluding carboxylic acids is 1. The molecule has 0 bridgehead atoms. The van der Waals surface area contributed by atoms with Gasteiger partial charge in [0, 0.05) is 35.1 Å². The predicted octanol–water partition coefficient (Wildman–Crippen LogP) is 3.78. The van der Waals surface area contributed by atoms with Crippen LogP contribution in [-0.2, 0) is 13.6 Å². The van der Waals surface area contributed by atoms with Gasteiger partial charge >= 0.3 is 0 Å². The first kappa shape index (κ1) is 22.9. The zero-order valence-corrected chi connectivity index (χ0v) is 18.8. The molecule has 2 aromatic carbocycles. The van der Waals surface area contributed by atoms with Crippen molar-refractivity contribution in [2.75, 3.05) is 5.32 Å². The van der Waals surface area contributed by atoms with Crippen molar-refractivity contribution >= 4 is 23.2 Å². The van der Waals surface area contributed by atoms with Gasteiger partial charge in [-0.3, -0.25) is 4.79 Å². The molecule has 10 heteroatoms. The summed E-state index contributed by atoms with van der Waals surface area (Å²) in [6, 6.07) is 11.8. The van der Waals surface area contributed by atoms with E-state index in [-0.39, 0.29) is 10.6 Å². The van der Waals surface area contributed by atoms with Crippen LogP contribution in [0.15, 0.2) is 61.1 Å². The predicted molar refractivity (Wildman–Crippen MR) is 126 cm³/mol. The molecule has 0 aliphatic rings. The standard InChI is InChI=1S/C24H19ClFN7O/c1-3-19(22-17(25)8-5-9-18(22)26)30-24(34)15-6-4-7-16(12-15)28-13-21-31-32-23(33(21)2)20-10-11-27-14-29-20/h1,4-12,14,19,28H,13H2,2H3,(H,30,34)/t19-/m1/s1. The van der Waals surface area contributed by atoms with Gasteiger partial charge in [0.05, 0.1) is 6.54 Å². The van der Waals surface area contributed by atoms with Gasteiger partial charge in [0.1, 0.15) is 23.9 Å². The highest BCUT2D eigenvalue weighted by molar-refractivity contribution is 6.31. The summed E-state index contributed by atoms with van der Waals surface area (Å²) in [4.78, 5) is 20.9. The third kappa shape index (κ3) is 4.87. The van der Waals surface area contributed by atoms with E-state index in [0.29, 0.717) is 35.1 Å². The lowest BCUT2D eigenvalue weighted by atomic mass is 10.1. The Hall–Kier alpha value is -4.29. The third-order valence-corrected chi connectivity index (χ3v) is 5.41. The molecule has 2 aromatic heterocycles. The van der Waals surface area contributed by atoms with Crippen LogP contribution in [0.4, 0.5) is 10.1 Å². The van der Waals surface area contributed by atoms with E-state index in [9.17, 15) is 9.18 Å². The topological polar surface area (TPSA) is 97.6 Å². The molecule has 0 radical (unpaired) electrons. The second-order valence-electron chi connectivity index (χ2n) is 7.24. The molecule has 170 valence electrons. The minimum absolute atomic E-state index is 0.0519. The van der Waals surface area contributed by atoms with Gasteiger partial charge in [0.2, 0.25) is 0 Å². The van der Waals surface area contributed by atoms with Gasteiger partial charge in [0.15, 0.2) is 11.6 Å². The summed E-state index contributed by atoms with van der Waals surface area (Å²) in [5, 5.41) is 14.4. The molecule has 2 N–H and O–H groups in total. The monoisotopic (exact) mass is 475 g/mol. The Morgan fingerprint density at radius 2 is 2.06 bits per heavy atom. The van der Waals surface area contributed by atoms with Crippen molar-refractivity contribution < 1.29 is 9.18 Å². The Bertz CT molecular complexity index is 1350. The van der Waals surface area contributed by atoms with Crippen LogP contribution in [0.1, 0.15) is 27.8 Å². The Morgan fingerprint density at radius 1 is 1.24 bits per heavy atom. The smallest absolute Gasteiger partial charge is 0.252 e. The molecule has 4 rings (SSSR count). The molecule has 0 aliphatic heterocycles. The summed E-state index contributed by atoms with van der Waals surface area (Å²) in [6.45, 7) is 0.359. The molecule has 1 amide bonds. The normalized spacial score (nSPS) is 11.5. The first-order chi connectivity index (χ1) is 16.5. The number of benzene rings is 2. The van der Waals surface area contributed by atoms with E-state index in [0.717, 1.165) is 0 Å². The highest BCUT2D eigenvalue weighted by Gasteiger charge is 2.20. The van der Waals surface area contributed by atoms with Crippen LogP contribution in [0.3, 0.4) is 0 Å². The second kappa shape index (κ2) is 10.1. The van der Waals surface area contributed by atoms with Crippen LogP contribution in [0.2, 0.25) is 5.02 Å². The van der Waals surface area contributed by atoms with Crippen LogP contribution in [0, 0.1) is 18.2 Å². The van der Waals surface area contributed by atoms with E-state index in [1.54, 1.807) is 30.5 Å². The van der Waals surface area contributed by atoms with Crippen molar-refractivity contribution in [1.29, 1.82) is 0 Å². The van der Waals surface area contributed by atoms with E-state index >= 15 is 0 Å². The molecule has 34 heavy (non-hydrogen) atoms. The summed E-state index contributed by atoms with van der Waals surface area (Å²) in [5.41, 5.74) is 1.74. The van der Waals surface area contributed by atoms with Crippen molar-refractivity contribution in [1.82, 2.24) is 30.0 Å². The van der Waals surface area contributed by atoms with Crippen LogP contribution in [-0.4, -0.2) is 30.6 Å². The molecular weight excluding hydrogens is 457 g/mol. The largest absolute Gasteiger partial charge is 0.378 e. The molecule has 0 spiro atoms. The molecule has 4 aromatic rings. The van der Waals surface area contributed by atoms with Crippen molar-refractivity contribution in [3.8, 4) is 23.9 Å². The van der Waals surface area contributed by atoms with E-state index in [1.165, 1.54) is 24.5 Å². The summed E-state index contributed by atoms with van der Waals surface area (Å²) < 4.78 is 16.1. The van der Waals surface area contributed by atoms with Crippen molar-refractivity contribution in [3.05, 3.63) is 88.8 Å². The SMILES string of the molecule is C#C[C@@H](NC(=O)c1cccc(NCc2nnc(-c3ccncn3)n2C)c1)c1c(F)cccc1Cl. The molecule has 0 aliphatic carbocycles. The number of amides is 1. The number of rotatable bonds is 7. The lowest BCUT2D eigenvalue weighted by Crippen LogP contribution is -2.28. The lowest BCUT2D eigenvalue weighted by molar-refractivity contribution is 0.0945. The molecule has 1 atom stereocenters. The van der Waals surface area contributed by atoms with Gasteiger partial charge < -0.3 is 15.2 Å². The average molecular weight is 476 g/mol. The van der Waals surface area contributed by atoms with Crippen LogP contribution >= 0.6 is 11.6 Å². The number of aromatic nitrogens is 5. The maximum atomic E-state index is 14.2. The molecule has 0 saturated heterocycles. The first-order valence-electron chi connectivity index (χ1n) is 10.2. The Balaban J connectivity index is 1.46. The van der Waals surface area contributed by atoms with E-state index in [4.69, 9.17) is 18.0 Å². The summed E-state index contributed by atoms with van der Waals surface area (Å²) in [5.74, 6) is 2.62.